The van der Waals surface area contributed by atoms with Gasteiger partial charge in [-0.05, 0) is 110 Å². The molecule has 0 aliphatic heterocycles. The van der Waals surface area contributed by atoms with Crippen LogP contribution in [0.15, 0.2) is 192 Å². The molecule has 0 N–H and O–H groups in total. The second-order valence-corrected chi connectivity index (χ2v) is 15.3. The Bertz CT molecular complexity index is 3330. The van der Waals surface area contributed by atoms with Crippen molar-refractivity contribution in [1.82, 2.24) is 13.7 Å². The van der Waals surface area contributed by atoms with E-state index in [-0.39, 0.29) is 0 Å². The zero-order valence-electron chi connectivity index (χ0n) is 30.6. The van der Waals surface area contributed by atoms with Gasteiger partial charge in [-0.3, -0.25) is 0 Å². The second kappa shape index (κ2) is 13.3. The Morgan fingerprint density at radius 1 is 0.607 bits per heavy atom. The molecule has 0 saturated carbocycles. The van der Waals surface area contributed by atoms with Gasteiger partial charge in [-0.15, -0.1) is 0 Å². The van der Waals surface area contributed by atoms with Gasteiger partial charge in [0.2, 0.25) is 0 Å². The summed E-state index contributed by atoms with van der Waals surface area (Å²) < 4.78 is 20.8. The molecule has 10 rings (SSSR count). The molecular formula is C50H34N4OS. The molecule has 0 saturated heterocycles. The van der Waals surface area contributed by atoms with Gasteiger partial charge in [0, 0.05) is 59.2 Å². The fourth-order valence-electron chi connectivity index (χ4n) is 8.42. The van der Waals surface area contributed by atoms with Gasteiger partial charge in [0.25, 0.3) is 0 Å². The highest BCUT2D eigenvalue weighted by Crippen LogP contribution is 2.44. The summed E-state index contributed by atoms with van der Waals surface area (Å²) in [4.78, 5) is 1.35. The Morgan fingerprint density at radius 3 is 1.95 bits per heavy atom. The number of allylic oxidation sites excluding steroid dienone is 5. The van der Waals surface area contributed by atoms with Gasteiger partial charge >= 0.3 is 0 Å². The van der Waals surface area contributed by atoms with E-state index in [0.717, 1.165) is 66.3 Å². The fraction of sp³-hybridized carbons (Fsp3) is 0.0200. The number of fused-ring (bicyclic) bond motifs is 10. The number of rotatable bonds is 7. The first-order valence-electron chi connectivity index (χ1n) is 18.6. The van der Waals surface area contributed by atoms with Crippen LogP contribution >= 0.6 is 0 Å². The van der Waals surface area contributed by atoms with Crippen LogP contribution in [0.1, 0.15) is 12.5 Å². The summed E-state index contributed by atoms with van der Waals surface area (Å²) >= 11 is 0. The van der Waals surface area contributed by atoms with Crippen LogP contribution in [-0.2, 0) is 10.8 Å². The molecule has 0 bridgehead atoms. The van der Waals surface area contributed by atoms with Crippen molar-refractivity contribution in [2.75, 3.05) is 0 Å². The molecule has 0 radical (unpaired) electrons. The van der Waals surface area contributed by atoms with Crippen LogP contribution in [-0.4, -0.2) is 17.9 Å². The summed E-state index contributed by atoms with van der Waals surface area (Å²) in [5, 5.41) is 16.2. The highest BCUT2D eigenvalue weighted by Gasteiger charge is 2.23. The van der Waals surface area contributed by atoms with Crippen molar-refractivity contribution in [3.05, 3.63) is 188 Å². The van der Waals surface area contributed by atoms with Gasteiger partial charge in [0.1, 0.15) is 0 Å². The molecule has 10 aromatic rings. The van der Waals surface area contributed by atoms with Crippen molar-refractivity contribution in [3.63, 3.8) is 0 Å². The standard InChI is InChI=1S/C50H34N4OS/c1-3-12-34(13-4-2)53-44-18-10-8-16-39(44)42-30-48-43(31-47(42)53)40-28-29-46-49(41-17-9-11-19-45(41)52(46)35-14-6-5-7-15-35)50(40)54(48)36-22-26-38(27-23-36)56(55)37-24-20-33(32-51)21-25-37/h3-31H,1H2,2H3/b13-4-,34-12+. The molecule has 0 fully saturated rings. The number of hydrogen-bond donors (Lipinski definition) is 0. The quantitative estimate of drug-likeness (QED) is 0.153. The maximum atomic E-state index is 13.7. The van der Waals surface area contributed by atoms with E-state index in [2.05, 4.69) is 160 Å². The van der Waals surface area contributed by atoms with Crippen LogP contribution in [0.4, 0.5) is 0 Å². The predicted octanol–water partition coefficient (Wildman–Crippen LogP) is 12.6. The van der Waals surface area contributed by atoms with Crippen molar-refractivity contribution < 1.29 is 4.21 Å². The van der Waals surface area contributed by atoms with E-state index in [1.165, 1.54) is 16.2 Å². The van der Waals surface area contributed by atoms with Gasteiger partial charge in [-0.2, -0.15) is 5.26 Å². The first-order valence-corrected chi connectivity index (χ1v) is 19.7. The van der Waals surface area contributed by atoms with Crippen LogP contribution in [0.3, 0.4) is 0 Å². The molecule has 7 aromatic carbocycles. The van der Waals surface area contributed by atoms with E-state index >= 15 is 0 Å². The second-order valence-electron chi connectivity index (χ2n) is 13.8. The van der Waals surface area contributed by atoms with Crippen molar-refractivity contribution in [1.29, 1.82) is 5.26 Å². The Hall–Kier alpha value is -7.20. The molecule has 6 heteroatoms. The van der Waals surface area contributed by atoms with Crippen LogP contribution in [0.25, 0.3) is 82.5 Å². The summed E-state index contributed by atoms with van der Waals surface area (Å²) in [6.07, 6.45) is 8.10. The lowest BCUT2D eigenvalue weighted by Crippen LogP contribution is -1.97. The Morgan fingerprint density at radius 2 is 1.23 bits per heavy atom. The van der Waals surface area contributed by atoms with Crippen molar-refractivity contribution in [2.45, 2.75) is 16.7 Å². The van der Waals surface area contributed by atoms with E-state index in [9.17, 15) is 9.47 Å². The molecule has 56 heavy (non-hydrogen) atoms. The summed E-state index contributed by atoms with van der Waals surface area (Å²) in [6, 6.07) is 54.2. The van der Waals surface area contributed by atoms with E-state index < -0.39 is 10.8 Å². The molecule has 3 aromatic heterocycles. The smallest absolute Gasteiger partial charge is 0.0991 e. The minimum Gasteiger partial charge on any atom is -0.309 e. The lowest BCUT2D eigenvalue weighted by molar-refractivity contribution is 0.683. The van der Waals surface area contributed by atoms with Gasteiger partial charge in [0.15, 0.2) is 0 Å². The molecule has 1 atom stereocenters. The highest BCUT2D eigenvalue weighted by atomic mass is 32.2. The average molecular weight is 739 g/mol. The zero-order chi connectivity index (χ0) is 37.9. The number of benzene rings is 7. The zero-order valence-corrected chi connectivity index (χ0v) is 31.4. The lowest BCUT2D eigenvalue weighted by atomic mass is 10.1. The number of hydrogen-bond acceptors (Lipinski definition) is 2. The average Bonchev–Trinajstić information content (AvgIpc) is 3.88. The normalized spacial score (nSPS) is 12.8. The van der Waals surface area contributed by atoms with Crippen LogP contribution in [0.2, 0.25) is 0 Å². The largest absolute Gasteiger partial charge is 0.309 e. The Kier molecular flexibility index (Phi) is 7.91. The third-order valence-corrected chi connectivity index (χ3v) is 12.2. The maximum Gasteiger partial charge on any atom is 0.0991 e. The molecule has 0 spiro atoms. The summed E-state index contributed by atoms with van der Waals surface area (Å²) in [7, 11) is -1.41. The first-order chi connectivity index (χ1) is 27.6. The number of aromatic nitrogens is 3. The van der Waals surface area contributed by atoms with E-state index in [1.807, 2.05) is 25.1 Å². The van der Waals surface area contributed by atoms with Gasteiger partial charge < -0.3 is 13.7 Å². The topological polar surface area (TPSA) is 55.6 Å². The molecule has 1 unspecified atom stereocenters. The van der Waals surface area contributed by atoms with E-state index in [1.54, 1.807) is 24.3 Å². The van der Waals surface area contributed by atoms with Gasteiger partial charge in [-0.1, -0.05) is 79.4 Å². The van der Waals surface area contributed by atoms with Crippen LogP contribution < -0.4 is 0 Å². The molecule has 266 valence electrons. The van der Waals surface area contributed by atoms with Crippen molar-refractivity contribution in [3.8, 4) is 17.4 Å². The number of para-hydroxylation sites is 3. The molecule has 0 amide bonds. The Balaban J connectivity index is 1.32. The third-order valence-electron chi connectivity index (χ3n) is 10.8. The summed E-state index contributed by atoms with van der Waals surface area (Å²) in [5.74, 6) is 0. The summed E-state index contributed by atoms with van der Waals surface area (Å²) in [6.45, 7) is 6.08. The number of nitrogens with zero attached hydrogens (tertiary/aromatic N) is 4. The van der Waals surface area contributed by atoms with Gasteiger partial charge in [0.05, 0.1) is 55.5 Å². The van der Waals surface area contributed by atoms with E-state index in [0.29, 0.717) is 15.4 Å². The molecule has 0 aliphatic rings. The minimum absolute atomic E-state index is 0.541. The Labute approximate surface area is 326 Å². The molecule has 3 heterocycles. The monoisotopic (exact) mass is 738 g/mol. The minimum atomic E-state index is -1.41. The first kappa shape index (κ1) is 33.4. The summed E-state index contributed by atoms with van der Waals surface area (Å²) in [5.41, 5.74) is 10.4. The number of nitriles is 1. The van der Waals surface area contributed by atoms with Crippen molar-refractivity contribution >= 4 is 81.9 Å². The fourth-order valence-corrected chi connectivity index (χ4v) is 9.46. The molecule has 0 aliphatic carbocycles. The molecular weight excluding hydrogens is 705 g/mol. The highest BCUT2D eigenvalue weighted by molar-refractivity contribution is 7.85. The van der Waals surface area contributed by atoms with E-state index in [4.69, 9.17) is 0 Å². The predicted molar refractivity (Wildman–Crippen MR) is 233 cm³/mol. The SMILES string of the molecule is C=C/C=C(\C=C/C)n1c2ccccc2c2cc3c(cc21)c1ccc2c(c4ccccc4n2-c2ccccc2)c1n3-c1ccc(S(=O)c2ccc(C#N)cc2)cc1. The molecule has 5 nitrogen and oxygen atoms in total. The third kappa shape index (κ3) is 5.02. The lowest BCUT2D eigenvalue weighted by Gasteiger charge is -2.11. The van der Waals surface area contributed by atoms with Gasteiger partial charge in [-0.25, -0.2) is 4.21 Å². The van der Waals surface area contributed by atoms with Crippen LogP contribution in [0, 0.1) is 11.3 Å². The van der Waals surface area contributed by atoms with Crippen molar-refractivity contribution in [2.24, 2.45) is 0 Å². The van der Waals surface area contributed by atoms with Crippen LogP contribution in [0.5, 0.6) is 0 Å². The maximum absolute atomic E-state index is 13.7.